The number of hydrogen-bond acceptors (Lipinski definition) is 7. The van der Waals surface area contributed by atoms with E-state index in [1.165, 1.54) is 24.5 Å². The number of carbonyl (C=O) groups is 1. The fraction of sp³-hybridized carbons (Fsp3) is 0.261. The molecule has 170 valence electrons. The van der Waals surface area contributed by atoms with Crippen LogP contribution in [0.4, 0.5) is 11.5 Å². The summed E-state index contributed by atoms with van der Waals surface area (Å²) in [5, 5.41) is 11.5. The quantitative estimate of drug-likeness (QED) is 0.402. The molecule has 1 aliphatic rings. The Hall–Kier alpha value is -3.72. The number of rotatable bonds is 5. The van der Waals surface area contributed by atoms with Crippen LogP contribution in [-0.4, -0.2) is 51.4 Å². The predicted octanol–water partition coefficient (Wildman–Crippen LogP) is 4.49. The average Bonchev–Trinajstić information content (AvgIpc) is 2.81. The van der Waals surface area contributed by atoms with Gasteiger partial charge in [-0.3, -0.25) is 14.9 Å². The van der Waals surface area contributed by atoms with Crippen LogP contribution in [0, 0.1) is 17.0 Å². The van der Waals surface area contributed by atoms with Gasteiger partial charge in [-0.05, 0) is 37.6 Å². The molecule has 0 spiro atoms. The van der Waals surface area contributed by atoms with E-state index in [1.54, 1.807) is 23.1 Å². The molecule has 0 unspecified atom stereocenters. The highest BCUT2D eigenvalue weighted by atomic mass is 35.5. The van der Waals surface area contributed by atoms with Crippen molar-refractivity contribution in [1.82, 2.24) is 14.9 Å². The van der Waals surface area contributed by atoms with E-state index in [4.69, 9.17) is 16.3 Å². The van der Waals surface area contributed by atoms with Crippen molar-refractivity contribution in [1.29, 1.82) is 0 Å². The van der Waals surface area contributed by atoms with E-state index in [2.05, 4.69) is 9.97 Å². The van der Waals surface area contributed by atoms with Gasteiger partial charge in [-0.2, -0.15) is 0 Å². The van der Waals surface area contributed by atoms with Crippen molar-refractivity contribution in [2.45, 2.75) is 19.9 Å². The van der Waals surface area contributed by atoms with E-state index in [-0.39, 0.29) is 17.6 Å². The Bertz CT molecular complexity index is 1200. The van der Waals surface area contributed by atoms with Gasteiger partial charge < -0.3 is 14.5 Å². The Kier molecular flexibility index (Phi) is 6.41. The summed E-state index contributed by atoms with van der Waals surface area (Å²) in [7, 11) is 0. The molecule has 1 aromatic heterocycles. The van der Waals surface area contributed by atoms with Gasteiger partial charge >= 0.3 is 0 Å². The minimum atomic E-state index is -0.503. The minimum Gasteiger partial charge on any atom is -0.437 e. The molecule has 1 saturated heterocycles. The number of aromatic nitrogens is 2. The lowest BCUT2D eigenvalue weighted by Crippen LogP contribution is -2.54. The van der Waals surface area contributed by atoms with E-state index >= 15 is 0 Å². The number of benzene rings is 2. The second-order valence-electron chi connectivity index (χ2n) is 7.85. The van der Waals surface area contributed by atoms with Crippen molar-refractivity contribution >= 4 is 29.0 Å². The molecule has 4 rings (SSSR count). The number of hydrogen-bond donors (Lipinski definition) is 0. The van der Waals surface area contributed by atoms with Crippen LogP contribution < -0.4 is 9.64 Å². The Morgan fingerprint density at radius 2 is 2.00 bits per heavy atom. The van der Waals surface area contributed by atoms with E-state index < -0.39 is 4.92 Å². The molecule has 33 heavy (non-hydrogen) atoms. The lowest BCUT2D eigenvalue weighted by molar-refractivity contribution is -0.384. The number of carbonyl (C=O) groups excluding carboxylic acids is 1. The molecule has 2 heterocycles. The third kappa shape index (κ3) is 5.04. The molecule has 2 aromatic carbocycles. The molecule has 3 aromatic rings. The second-order valence-corrected chi connectivity index (χ2v) is 8.26. The normalized spacial score (nSPS) is 15.9. The highest BCUT2D eigenvalue weighted by Gasteiger charge is 2.29. The summed E-state index contributed by atoms with van der Waals surface area (Å²) >= 11 is 6.22. The topological polar surface area (TPSA) is 102 Å². The molecule has 0 radical (unpaired) electrons. The molecule has 0 aliphatic carbocycles. The molecule has 0 N–H and O–H groups in total. The number of ether oxygens (including phenoxy) is 1. The zero-order valence-corrected chi connectivity index (χ0v) is 18.9. The van der Waals surface area contributed by atoms with Gasteiger partial charge in [0.1, 0.15) is 17.9 Å². The molecule has 1 aliphatic heterocycles. The molecule has 9 nitrogen and oxygen atoms in total. The average molecular weight is 468 g/mol. The monoisotopic (exact) mass is 467 g/mol. The van der Waals surface area contributed by atoms with Gasteiger partial charge in [0.05, 0.1) is 9.95 Å². The van der Waals surface area contributed by atoms with Crippen LogP contribution in [-0.2, 0) is 0 Å². The molecule has 0 bridgehead atoms. The smallest absolute Gasteiger partial charge is 0.270 e. The number of halogens is 1. The number of piperazine rings is 1. The molecule has 1 amide bonds. The lowest BCUT2D eigenvalue weighted by atomic mass is 10.1. The number of nitrogens with zero attached hydrogens (tertiary/aromatic N) is 5. The van der Waals surface area contributed by atoms with Crippen LogP contribution in [0.3, 0.4) is 0 Å². The standard InChI is InChI=1S/C23H22ClN5O4/c1-15-6-7-19(24)20(10-15)33-22-12-21(25-14-26-22)27-8-9-28(16(2)13-27)23(30)17-4-3-5-18(11-17)29(31)32/h3-7,10-12,14,16H,8-9,13H2,1-2H3/t16-/m1/s1. The Balaban J connectivity index is 1.46. The molecule has 1 atom stereocenters. The first-order valence-electron chi connectivity index (χ1n) is 10.4. The second kappa shape index (κ2) is 9.41. The summed E-state index contributed by atoms with van der Waals surface area (Å²) in [5.74, 6) is 1.34. The summed E-state index contributed by atoms with van der Waals surface area (Å²) in [6.45, 7) is 5.43. The zero-order chi connectivity index (χ0) is 23.5. The third-order valence-electron chi connectivity index (χ3n) is 5.45. The predicted molar refractivity (Wildman–Crippen MR) is 124 cm³/mol. The van der Waals surface area contributed by atoms with Crippen LogP contribution in [0.15, 0.2) is 54.9 Å². The van der Waals surface area contributed by atoms with Crippen molar-refractivity contribution in [2.24, 2.45) is 0 Å². The summed E-state index contributed by atoms with van der Waals surface area (Å²) in [6.07, 6.45) is 1.43. The van der Waals surface area contributed by atoms with E-state index in [1.807, 2.05) is 30.9 Å². The summed E-state index contributed by atoms with van der Waals surface area (Å²) < 4.78 is 5.87. The summed E-state index contributed by atoms with van der Waals surface area (Å²) in [5.41, 5.74) is 1.22. The number of non-ortho nitro benzene ring substituents is 1. The lowest BCUT2D eigenvalue weighted by Gasteiger charge is -2.40. The Morgan fingerprint density at radius 1 is 1.18 bits per heavy atom. The van der Waals surface area contributed by atoms with Gasteiger partial charge in [-0.15, -0.1) is 0 Å². The maximum absolute atomic E-state index is 13.0. The van der Waals surface area contributed by atoms with Crippen molar-refractivity contribution in [3.63, 3.8) is 0 Å². The third-order valence-corrected chi connectivity index (χ3v) is 5.76. The van der Waals surface area contributed by atoms with Crippen LogP contribution >= 0.6 is 11.6 Å². The number of amides is 1. The van der Waals surface area contributed by atoms with E-state index in [0.717, 1.165) is 5.56 Å². The maximum Gasteiger partial charge on any atom is 0.270 e. The van der Waals surface area contributed by atoms with Crippen LogP contribution in [0.1, 0.15) is 22.8 Å². The number of nitro benzene ring substituents is 1. The van der Waals surface area contributed by atoms with Gasteiger partial charge in [0.25, 0.3) is 11.6 Å². The first-order chi connectivity index (χ1) is 15.8. The number of nitro groups is 1. The van der Waals surface area contributed by atoms with Crippen LogP contribution in [0.25, 0.3) is 0 Å². The fourth-order valence-electron chi connectivity index (χ4n) is 3.75. The molecular weight excluding hydrogens is 446 g/mol. The van der Waals surface area contributed by atoms with Gasteiger partial charge in [0, 0.05) is 49.4 Å². The molecule has 10 heteroatoms. The van der Waals surface area contributed by atoms with Crippen LogP contribution in [0.2, 0.25) is 5.02 Å². The van der Waals surface area contributed by atoms with E-state index in [0.29, 0.717) is 47.7 Å². The van der Waals surface area contributed by atoms with Crippen LogP contribution in [0.5, 0.6) is 11.6 Å². The highest BCUT2D eigenvalue weighted by Crippen LogP contribution is 2.30. The highest BCUT2D eigenvalue weighted by molar-refractivity contribution is 6.32. The van der Waals surface area contributed by atoms with Crippen molar-refractivity contribution < 1.29 is 14.5 Å². The van der Waals surface area contributed by atoms with Gasteiger partial charge in [-0.25, -0.2) is 9.97 Å². The van der Waals surface area contributed by atoms with Crippen molar-refractivity contribution in [2.75, 3.05) is 24.5 Å². The minimum absolute atomic E-state index is 0.102. The Morgan fingerprint density at radius 3 is 2.76 bits per heavy atom. The SMILES string of the molecule is Cc1ccc(Cl)c(Oc2cc(N3CCN(C(=O)c4cccc([N+](=O)[O-])c4)[C@H](C)C3)ncn2)c1. The van der Waals surface area contributed by atoms with Crippen molar-refractivity contribution in [3.05, 3.63) is 81.1 Å². The Labute approximate surface area is 195 Å². The molecule has 0 saturated carbocycles. The summed E-state index contributed by atoms with van der Waals surface area (Å²) in [6, 6.07) is 12.9. The zero-order valence-electron chi connectivity index (χ0n) is 18.1. The van der Waals surface area contributed by atoms with Gasteiger partial charge in [-0.1, -0.05) is 23.7 Å². The number of anilines is 1. The van der Waals surface area contributed by atoms with E-state index in [9.17, 15) is 14.9 Å². The summed E-state index contributed by atoms with van der Waals surface area (Å²) in [4.78, 5) is 35.8. The largest absolute Gasteiger partial charge is 0.437 e. The number of aryl methyl sites for hydroxylation is 1. The fourth-order valence-corrected chi connectivity index (χ4v) is 3.90. The maximum atomic E-state index is 13.0. The van der Waals surface area contributed by atoms with Gasteiger partial charge in [0.15, 0.2) is 0 Å². The van der Waals surface area contributed by atoms with Crippen molar-refractivity contribution in [3.8, 4) is 11.6 Å². The van der Waals surface area contributed by atoms with Gasteiger partial charge in [0.2, 0.25) is 5.88 Å². The first-order valence-corrected chi connectivity index (χ1v) is 10.8. The molecular formula is C23H22ClN5O4. The molecule has 1 fully saturated rings. The first kappa shape index (κ1) is 22.5.